The third kappa shape index (κ3) is 5.40. The summed E-state index contributed by atoms with van der Waals surface area (Å²) in [6.07, 6.45) is 6.06. The Labute approximate surface area is 222 Å². The first-order valence-corrected chi connectivity index (χ1v) is 14.9. The van der Waals surface area contributed by atoms with Crippen molar-refractivity contribution in [3.63, 3.8) is 0 Å². The summed E-state index contributed by atoms with van der Waals surface area (Å²) in [5.41, 5.74) is 2.08. The largest absolute Gasteiger partial charge is 0.322 e. The topological polar surface area (TPSA) is 93.5 Å². The molecular formula is C28H32F2N4O3S. The summed E-state index contributed by atoms with van der Waals surface area (Å²) in [5.74, 6) is -1.46. The summed E-state index contributed by atoms with van der Waals surface area (Å²) in [5, 5.41) is 12.1. The van der Waals surface area contributed by atoms with Crippen LogP contribution in [0.4, 0.5) is 19.3 Å². The number of hydrogen-bond donors (Lipinski definition) is 1. The van der Waals surface area contributed by atoms with E-state index in [-0.39, 0.29) is 29.1 Å². The minimum Gasteiger partial charge on any atom is -0.321 e. The van der Waals surface area contributed by atoms with Gasteiger partial charge in [-0.1, -0.05) is 12.1 Å². The second kappa shape index (κ2) is 10.3. The molecule has 0 bridgehead atoms. The fourth-order valence-electron chi connectivity index (χ4n) is 6.41. The van der Waals surface area contributed by atoms with Crippen LogP contribution in [0.25, 0.3) is 0 Å². The van der Waals surface area contributed by atoms with Crippen molar-refractivity contribution in [2.24, 2.45) is 11.8 Å². The number of carbonyl (C=O) groups excluding carboxylic acids is 1. The van der Waals surface area contributed by atoms with Gasteiger partial charge in [-0.3, -0.25) is 0 Å². The van der Waals surface area contributed by atoms with Gasteiger partial charge in [0.25, 0.3) is 0 Å². The fourth-order valence-corrected chi connectivity index (χ4v) is 7.29. The van der Waals surface area contributed by atoms with E-state index in [4.69, 9.17) is 0 Å². The maximum atomic E-state index is 13.8. The van der Waals surface area contributed by atoms with Crippen molar-refractivity contribution in [1.82, 2.24) is 9.21 Å². The molecule has 3 unspecified atom stereocenters. The highest BCUT2D eigenvalue weighted by atomic mass is 32.2. The van der Waals surface area contributed by atoms with Crippen molar-refractivity contribution in [1.29, 1.82) is 5.26 Å². The van der Waals surface area contributed by atoms with E-state index in [1.807, 2.05) is 23.1 Å². The number of piperidine rings is 1. The molecule has 2 aliphatic carbocycles. The van der Waals surface area contributed by atoms with Crippen LogP contribution in [-0.2, 0) is 15.4 Å². The number of hydrogen-bond acceptors (Lipinski definition) is 4. The molecule has 0 radical (unpaired) electrons. The average Bonchev–Trinajstić information content (AvgIpc) is 3.64. The first-order chi connectivity index (χ1) is 18.1. The second-order valence-corrected chi connectivity index (χ2v) is 13.0. The van der Waals surface area contributed by atoms with Gasteiger partial charge in [0.15, 0.2) is 11.6 Å². The van der Waals surface area contributed by atoms with Crippen LogP contribution < -0.4 is 5.32 Å². The highest BCUT2D eigenvalue weighted by Crippen LogP contribution is 2.63. The first kappa shape index (κ1) is 26.6. The molecule has 38 heavy (non-hydrogen) atoms. The molecule has 3 atom stereocenters. The van der Waals surface area contributed by atoms with Crippen molar-refractivity contribution in [2.45, 2.75) is 50.0 Å². The Balaban J connectivity index is 1.31. The summed E-state index contributed by atoms with van der Waals surface area (Å²) >= 11 is 0. The number of sulfonamides is 1. The number of nitriles is 1. The monoisotopic (exact) mass is 542 g/mol. The van der Waals surface area contributed by atoms with Crippen LogP contribution in [0.2, 0.25) is 0 Å². The van der Waals surface area contributed by atoms with E-state index in [0.717, 1.165) is 37.8 Å². The number of urea groups is 1. The molecular weight excluding hydrogens is 510 g/mol. The van der Waals surface area contributed by atoms with Gasteiger partial charge in [-0.05, 0) is 85.6 Å². The second-order valence-electron chi connectivity index (χ2n) is 11.0. The molecule has 1 aliphatic heterocycles. The molecule has 1 heterocycles. The summed E-state index contributed by atoms with van der Waals surface area (Å²) < 4.78 is 52.5. The zero-order chi connectivity index (χ0) is 27.1. The van der Waals surface area contributed by atoms with Crippen LogP contribution in [0.5, 0.6) is 0 Å². The summed E-state index contributed by atoms with van der Waals surface area (Å²) in [6.45, 7) is 1.32. The number of halogens is 2. The molecule has 0 aromatic heterocycles. The highest BCUT2D eigenvalue weighted by Gasteiger charge is 2.58. The molecule has 0 spiro atoms. The van der Waals surface area contributed by atoms with Crippen molar-refractivity contribution < 1.29 is 22.0 Å². The Morgan fingerprint density at radius 1 is 1.16 bits per heavy atom. The standard InChI is InChI=1S/C28H32F2N4O3S/c1-38(36,37)33-11-8-19(9-12-33)18-34(27(35)32-23-5-6-25(29)26(30)15-23)24-7-10-28(16-22(28)14-24)21-4-2-3-20(13-21)17-31/h2-6,13,15,19,22,24H,7-12,14,16,18H2,1H3,(H,32,35). The van der Waals surface area contributed by atoms with Crippen LogP contribution in [0.15, 0.2) is 42.5 Å². The van der Waals surface area contributed by atoms with Crippen molar-refractivity contribution >= 4 is 21.7 Å². The van der Waals surface area contributed by atoms with Gasteiger partial charge in [-0.25, -0.2) is 26.3 Å². The third-order valence-electron chi connectivity index (χ3n) is 8.65. The first-order valence-electron chi connectivity index (χ1n) is 13.1. The van der Waals surface area contributed by atoms with E-state index < -0.39 is 21.7 Å². The molecule has 10 heteroatoms. The van der Waals surface area contributed by atoms with E-state index in [9.17, 15) is 27.3 Å². The van der Waals surface area contributed by atoms with Crippen molar-refractivity contribution in [3.8, 4) is 6.07 Å². The lowest BCUT2D eigenvalue weighted by Gasteiger charge is -2.40. The smallest absolute Gasteiger partial charge is 0.321 e. The van der Waals surface area contributed by atoms with Gasteiger partial charge in [0.05, 0.1) is 17.9 Å². The Morgan fingerprint density at radius 3 is 2.58 bits per heavy atom. The highest BCUT2D eigenvalue weighted by molar-refractivity contribution is 7.88. The lowest BCUT2D eigenvalue weighted by molar-refractivity contribution is 0.132. The predicted octanol–water partition coefficient (Wildman–Crippen LogP) is 4.85. The molecule has 1 N–H and O–H groups in total. The molecule has 2 amide bonds. The Hall–Kier alpha value is -3.03. The van der Waals surface area contributed by atoms with Gasteiger partial charge in [-0.2, -0.15) is 5.26 Å². The molecule has 202 valence electrons. The molecule has 2 aromatic carbocycles. The van der Waals surface area contributed by atoms with Crippen molar-refractivity contribution in [3.05, 3.63) is 65.2 Å². The fraction of sp³-hybridized carbons (Fsp3) is 0.500. The lowest BCUT2D eigenvalue weighted by atomic mass is 9.79. The van der Waals surface area contributed by atoms with Gasteiger partial charge in [0.2, 0.25) is 10.0 Å². The van der Waals surface area contributed by atoms with Crippen LogP contribution in [0.1, 0.15) is 49.7 Å². The van der Waals surface area contributed by atoms with Crippen LogP contribution in [0.3, 0.4) is 0 Å². The molecule has 3 fully saturated rings. The maximum Gasteiger partial charge on any atom is 0.322 e. The number of rotatable bonds is 6. The lowest BCUT2D eigenvalue weighted by Crippen LogP contribution is -2.49. The summed E-state index contributed by atoms with van der Waals surface area (Å²) in [6, 6.07) is 13.0. The molecule has 7 nitrogen and oxygen atoms in total. The minimum absolute atomic E-state index is 0.0204. The predicted molar refractivity (Wildman–Crippen MR) is 140 cm³/mol. The van der Waals surface area contributed by atoms with E-state index in [2.05, 4.69) is 17.5 Å². The number of nitrogens with zero attached hydrogens (tertiary/aromatic N) is 3. The molecule has 5 rings (SSSR count). The van der Waals surface area contributed by atoms with Crippen LogP contribution >= 0.6 is 0 Å². The van der Waals surface area contributed by atoms with E-state index in [1.54, 1.807) is 0 Å². The molecule has 2 saturated carbocycles. The number of fused-ring (bicyclic) bond motifs is 1. The Morgan fingerprint density at radius 2 is 1.92 bits per heavy atom. The van der Waals surface area contributed by atoms with Gasteiger partial charge in [-0.15, -0.1) is 0 Å². The van der Waals surface area contributed by atoms with Crippen LogP contribution in [0, 0.1) is 34.8 Å². The SMILES string of the molecule is CS(=O)(=O)N1CCC(CN(C(=O)Nc2ccc(F)c(F)c2)C2CCC3(c4cccc(C#N)c4)CC3C2)CC1. The van der Waals surface area contributed by atoms with E-state index in [1.165, 1.54) is 22.2 Å². The Bertz CT molecular complexity index is 1370. The summed E-state index contributed by atoms with van der Waals surface area (Å²) in [7, 11) is -3.25. The normalized spacial score (nSPS) is 25.7. The van der Waals surface area contributed by atoms with Gasteiger partial charge in [0, 0.05) is 37.4 Å². The molecule has 2 aromatic rings. The van der Waals surface area contributed by atoms with Gasteiger partial charge >= 0.3 is 6.03 Å². The molecule has 1 saturated heterocycles. The quantitative estimate of drug-likeness (QED) is 0.565. The number of benzene rings is 2. The summed E-state index contributed by atoms with van der Waals surface area (Å²) in [4.78, 5) is 15.3. The van der Waals surface area contributed by atoms with E-state index in [0.29, 0.717) is 44.0 Å². The van der Waals surface area contributed by atoms with Gasteiger partial charge in [0.1, 0.15) is 0 Å². The number of anilines is 1. The van der Waals surface area contributed by atoms with Gasteiger partial charge < -0.3 is 10.2 Å². The molecule has 3 aliphatic rings. The number of amides is 2. The zero-order valence-electron chi connectivity index (χ0n) is 21.4. The maximum absolute atomic E-state index is 13.8. The zero-order valence-corrected chi connectivity index (χ0v) is 22.2. The Kier molecular flexibility index (Phi) is 7.18. The number of carbonyl (C=O) groups is 1. The average molecular weight is 543 g/mol. The van der Waals surface area contributed by atoms with Crippen LogP contribution in [-0.4, -0.2) is 55.6 Å². The van der Waals surface area contributed by atoms with E-state index >= 15 is 0 Å². The third-order valence-corrected chi connectivity index (χ3v) is 9.95. The minimum atomic E-state index is -3.25. The number of nitrogens with one attached hydrogen (secondary N) is 1. The van der Waals surface area contributed by atoms with Crippen molar-refractivity contribution in [2.75, 3.05) is 31.2 Å².